The Morgan fingerprint density at radius 3 is 2.86 bits per heavy atom. The van der Waals surface area contributed by atoms with E-state index in [9.17, 15) is 4.79 Å². The number of carbonyl (C=O) groups excluding carboxylic acids is 1. The van der Waals surface area contributed by atoms with Crippen LogP contribution in [0.4, 0.5) is 0 Å². The first-order valence-corrected chi connectivity index (χ1v) is 4.44. The van der Waals surface area contributed by atoms with Gasteiger partial charge in [0.1, 0.15) is 5.75 Å². The summed E-state index contributed by atoms with van der Waals surface area (Å²) in [6.45, 7) is 3.82. The van der Waals surface area contributed by atoms with Crippen LogP contribution in [0.1, 0.15) is 24.2 Å². The molecule has 0 fully saturated rings. The van der Waals surface area contributed by atoms with Gasteiger partial charge in [0.05, 0.1) is 18.9 Å². The Kier molecular flexibility index (Phi) is 3.45. The van der Waals surface area contributed by atoms with Crippen molar-refractivity contribution in [3.63, 3.8) is 0 Å². The maximum Gasteiger partial charge on any atom is 0.255 e. The fourth-order valence-corrected chi connectivity index (χ4v) is 1.07. The van der Waals surface area contributed by atoms with Gasteiger partial charge in [-0.25, -0.2) is 0 Å². The van der Waals surface area contributed by atoms with E-state index in [-0.39, 0.29) is 11.9 Å². The van der Waals surface area contributed by atoms with Gasteiger partial charge >= 0.3 is 0 Å². The van der Waals surface area contributed by atoms with E-state index in [0.717, 1.165) is 0 Å². The third-order valence-electron chi connectivity index (χ3n) is 1.67. The first-order valence-electron chi connectivity index (χ1n) is 4.44. The number of ether oxygens (including phenoxy) is 1. The molecule has 0 saturated carbocycles. The van der Waals surface area contributed by atoms with Crippen LogP contribution in [0, 0.1) is 0 Å². The van der Waals surface area contributed by atoms with Crippen LogP contribution in [0.15, 0.2) is 18.5 Å². The molecule has 4 nitrogen and oxygen atoms in total. The van der Waals surface area contributed by atoms with Gasteiger partial charge in [0.15, 0.2) is 0 Å². The number of nitrogens with zero attached hydrogens (tertiary/aromatic N) is 1. The highest BCUT2D eigenvalue weighted by atomic mass is 16.5. The number of carbonyl (C=O) groups is 1. The molecule has 76 valence electrons. The van der Waals surface area contributed by atoms with Crippen molar-refractivity contribution in [1.82, 2.24) is 10.3 Å². The predicted octanol–water partition coefficient (Wildman–Crippen LogP) is 1.23. The van der Waals surface area contributed by atoms with Gasteiger partial charge in [0.25, 0.3) is 5.91 Å². The van der Waals surface area contributed by atoms with E-state index in [0.29, 0.717) is 11.3 Å². The number of pyridine rings is 1. The Hall–Kier alpha value is -1.58. The molecule has 0 aliphatic carbocycles. The van der Waals surface area contributed by atoms with Crippen LogP contribution in [0.5, 0.6) is 5.75 Å². The highest BCUT2D eigenvalue weighted by Gasteiger charge is 2.11. The summed E-state index contributed by atoms with van der Waals surface area (Å²) < 4.78 is 5.02. The minimum absolute atomic E-state index is 0.111. The van der Waals surface area contributed by atoms with Crippen LogP contribution in [0.3, 0.4) is 0 Å². The van der Waals surface area contributed by atoms with Gasteiger partial charge in [-0.1, -0.05) is 0 Å². The summed E-state index contributed by atoms with van der Waals surface area (Å²) in [6.07, 6.45) is 3.09. The molecule has 0 aromatic carbocycles. The lowest BCUT2D eigenvalue weighted by molar-refractivity contribution is 0.0940. The molecule has 1 amide bonds. The number of hydrogen-bond acceptors (Lipinski definition) is 3. The number of amides is 1. The normalized spacial score (nSPS) is 10.0. The van der Waals surface area contributed by atoms with Gasteiger partial charge in [-0.15, -0.1) is 0 Å². The smallest absolute Gasteiger partial charge is 0.255 e. The van der Waals surface area contributed by atoms with Crippen molar-refractivity contribution in [2.45, 2.75) is 19.9 Å². The first kappa shape index (κ1) is 10.5. The molecule has 1 aromatic rings. The number of methoxy groups -OCH3 is 1. The summed E-state index contributed by atoms with van der Waals surface area (Å²) in [5.41, 5.74) is 0.510. The molecule has 0 saturated heterocycles. The first-order chi connectivity index (χ1) is 6.65. The van der Waals surface area contributed by atoms with Gasteiger partial charge < -0.3 is 10.1 Å². The van der Waals surface area contributed by atoms with Crippen LogP contribution >= 0.6 is 0 Å². The summed E-state index contributed by atoms with van der Waals surface area (Å²) in [5.74, 6) is 0.352. The lowest BCUT2D eigenvalue weighted by atomic mass is 10.2. The number of rotatable bonds is 3. The molecule has 0 radical (unpaired) electrons. The van der Waals surface area contributed by atoms with Gasteiger partial charge in [-0.05, 0) is 19.9 Å². The lowest BCUT2D eigenvalue weighted by Gasteiger charge is -2.10. The quantitative estimate of drug-likeness (QED) is 0.787. The van der Waals surface area contributed by atoms with Crippen molar-refractivity contribution < 1.29 is 9.53 Å². The fraction of sp³-hybridized carbons (Fsp3) is 0.400. The van der Waals surface area contributed by atoms with E-state index in [1.807, 2.05) is 13.8 Å². The molecule has 14 heavy (non-hydrogen) atoms. The summed E-state index contributed by atoms with van der Waals surface area (Å²) >= 11 is 0. The maximum absolute atomic E-state index is 11.6. The Morgan fingerprint density at radius 1 is 1.57 bits per heavy atom. The predicted molar refractivity (Wildman–Crippen MR) is 53.4 cm³/mol. The van der Waals surface area contributed by atoms with E-state index in [2.05, 4.69) is 10.3 Å². The third-order valence-corrected chi connectivity index (χ3v) is 1.67. The average molecular weight is 194 g/mol. The van der Waals surface area contributed by atoms with E-state index >= 15 is 0 Å². The Balaban J connectivity index is 2.88. The van der Waals surface area contributed by atoms with Crippen molar-refractivity contribution in [3.05, 3.63) is 24.0 Å². The zero-order chi connectivity index (χ0) is 10.6. The molecular formula is C10H14N2O2. The van der Waals surface area contributed by atoms with E-state index in [1.165, 1.54) is 13.3 Å². The molecule has 0 spiro atoms. The standard InChI is InChI=1S/C10H14N2O2/c1-7(2)12-10(13)8-4-5-11-6-9(8)14-3/h4-7H,1-3H3,(H,12,13). The Bertz CT molecular complexity index is 324. The SMILES string of the molecule is COc1cnccc1C(=O)NC(C)C. The summed E-state index contributed by atoms with van der Waals surface area (Å²) in [7, 11) is 1.52. The van der Waals surface area contributed by atoms with Crippen LogP contribution in [0.2, 0.25) is 0 Å². The van der Waals surface area contributed by atoms with Crippen molar-refractivity contribution in [2.75, 3.05) is 7.11 Å². The van der Waals surface area contributed by atoms with Crippen LogP contribution in [-0.2, 0) is 0 Å². The van der Waals surface area contributed by atoms with Gasteiger partial charge in [0.2, 0.25) is 0 Å². The van der Waals surface area contributed by atoms with Crippen LogP contribution in [-0.4, -0.2) is 24.0 Å². The van der Waals surface area contributed by atoms with E-state index < -0.39 is 0 Å². The van der Waals surface area contributed by atoms with Crippen molar-refractivity contribution in [3.8, 4) is 5.75 Å². The molecule has 0 aliphatic heterocycles. The van der Waals surface area contributed by atoms with Gasteiger partial charge in [0, 0.05) is 12.2 Å². The molecule has 0 bridgehead atoms. The van der Waals surface area contributed by atoms with Crippen LogP contribution in [0.25, 0.3) is 0 Å². The zero-order valence-electron chi connectivity index (χ0n) is 8.57. The Labute approximate surface area is 83.3 Å². The topological polar surface area (TPSA) is 51.2 Å². The maximum atomic E-state index is 11.6. The van der Waals surface area contributed by atoms with Gasteiger partial charge in [-0.3, -0.25) is 9.78 Å². The summed E-state index contributed by atoms with van der Waals surface area (Å²) in [4.78, 5) is 15.5. The largest absolute Gasteiger partial charge is 0.494 e. The minimum atomic E-state index is -0.140. The van der Waals surface area contributed by atoms with E-state index in [4.69, 9.17) is 4.74 Å². The molecule has 0 unspecified atom stereocenters. The lowest BCUT2D eigenvalue weighted by Crippen LogP contribution is -2.30. The average Bonchev–Trinajstić information content (AvgIpc) is 2.16. The second kappa shape index (κ2) is 4.60. The molecular weight excluding hydrogens is 180 g/mol. The third kappa shape index (κ3) is 2.45. The summed E-state index contributed by atoms with van der Waals surface area (Å²) in [5, 5.41) is 2.79. The molecule has 1 N–H and O–H groups in total. The van der Waals surface area contributed by atoms with Crippen LogP contribution < -0.4 is 10.1 Å². The molecule has 0 aliphatic rings. The molecule has 1 aromatic heterocycles. The summed E-state index contributed by atoms with van der Waals surface area (Å²) in [6, 6.07) is 1.75. The van der Waals surface area contributed by atoms with Crippen molar-refractivity contribution >= 4 is 5.91 Å². The number of hydrogen-bond donors (Lipinski definition) is 1. The minimum Gasteiger partial charge on any atom is -0.494 e. The Morgan fingerprint density at radius 2 is 2.29 bits per heavy atom. The molecule has 1 heterocycles. The van der Waals surface area contributed by atoms with Crippen molar-refractivity contribution in [1.29, 1.82) is 0 Å². The highest BCUT2D eigenvalue weighted by Crippen LogP contribution is 2.15. The number of aromatic nitrogens is 1. The van der Waals surface area contributed by atoms with Crippen molar-refractivity contribution in [2.24, 2.45) is 0 Å². The van der Waals surface area contributed by atoms with E-state index in [1.54, 1.807) is 12.3 Å². The molecule has 1 rings (SSSR count). The monoisotopic (exact) mass is 194 g/mol. The second-order valence-corrected chi connectivity index (χ2v) is 3.20. The number of nitrogens with one attached hydrogen (secondary N) is 1. The fourth-order valence-electron chi connectivity index (χ4n) is 1.07. The highest BCUT2D eigenvalue weighted by molar-refractivity contribution is 5.96. The zero-order valence-corrected chi connectivity index (χ0v) is 8.57. The second-order valence-electron chi connectivity index (χ2n) is 3.20. The van der Waals surface area contributed by atoms with Gasteiger partial charge in [-0.2, -0.15) is 0 Å². The molecule has 0 atom stereocenters. The molecule has 4 heteroatoms.